The van der Waals surface area contributed by atoms with E-state index in [1.165, 1.54) is 6.20 Å². The van der Waals surface area contributed by atoms with E-state index in [2.05, 4.69) is 15.3 Å². The van der Waals surface area contributed by atoms with Gasteiger partial charge in [-0.2, -0.15) is 0 Å². The molecule has 0 saturated heterocycles. The molecule has 10 heteroatoms. The second kappa shape index (κ2) is 10.8. The number of hydrogen-bond donors (Lipinski definition) is 3. The Balaban J connectivity index is 2.21. The van der Waals surface area contributed by atoms with Gasteiger partial charge in [0.05, 0.1) is 11.1 Å². The summed E-state index contributed by atoms with van der Waals surface area (Å²) in [5.74, 6) is 0.197. The number of halogens is 1. The maximum absolute atomic E-state index is 12.9. The minimum atomic E-state index is -1.22. The third-order valence-electron chi connectivity index (χ3n) is 4.74. The number of amides is 1. The molecule has 2 atom stereocenters. The summed E-state index contributed by atoms with van der Waals surface area (Å²) in [6, 6.07) is 6.56. The highest BCUT2D eigenvalue weighted by Crippen LogP contribution is 2.33. The molecule has 180 valence electrons. The lowest BCUT2D eigenvalue weighted by Crippen LogP contribution is -2.41. The number of carbonyl (C=O) groups excluding carboxylic acids is 1. The van der Waals surface area contributed by atoms with Crippen molar-refractivity contribution < 1.29 is 24.2 Å². The summed E-state index contributed by atoms with van der Waals surface area (Å²) in [5, 5.41) is 11.2. The topological polar surface area (TPSA) is 137 Å². The Morgan fingerprint density at radius 2 is 1.94 bits per heavy atom. The molecule has 0 saturated carbocycles. The van der Waals surface area contributed by atoms with Crippen LogP contribution < -0.4 is 15.8 Å². The molecule has 0 bridgehead atoms. The number of carboxylic acid groups (broad SMARTS) is 1. The first kappa shape index (κ1) is 26.3. The van der Waals surface area contributed by atoms with Crippen LogP contribution in [0.15, 0.2) is 30.5 Å². The smallest absolute Gasteiger partial charge is 0.410 e. The highest BCUT2D eigenvalue weighted by molar-refractivity contribution is 6.31. The molecule has 33 heavy (non-hydrogen) atoms. The number of nitrogens with zero attached hydrogens (tertiary/aromatic N) is 2. The van der Waals surface area contributed by atoms with E-state index in [1.54, 1.807) is 31.2 Å². The van der Waals surface area contributed by atoms with E-state index in [4.69, 9.17) is 31.9 Å². The molecule has 2 aromatic rings. The normalized spacial score (nSPS) is 14.2. The summed E-state index contributed by atoms with van der Waals surface area (Å²) in [6.45, 7) is 9.66. The number of carbonyl (C=O) groups is 2. The molecule has 1 amide bonds. The van der Waals surface area contributed by atoms with Crippen molar-refractivity contribution in [2.45, 2.75) is 46.6 Å². The van der Waals surface area contributed by atoms with Gasteiger partial charge in [-0.3, -0.25) is 10.1 Å². The van der Waals surface area contributed by atoms with Gasteiger partial charge in [0.1, 0.15) is 18.0 Å². The molecule has 2 heterocycles. The van der Waals surface area contributed by atoms with Crippen LogP contribution in [0.4, 0.5) is 10.6 Å². The Morgan fingerprint density at radius 3 is 2.52 bits per heavy atom. The highest BCUT2D eigenvalue weighted by atomic mass is 35.5. The fourth-order valence-electron chi connectivity index (χ4n) is 3.15. The standard InChI is InChI=1S/C23H31ClN4O5/c1-14(12-25)11-23(5,20(29)33-22(2,3)4)13-32-17-7-6-16(27-19(17)24)15-8-9-26-18(10-15)28-21(30)31/h6-10,14H,11-13,25H2,1-5H3,(H,26,28)(H,30,31). The fraction of sp³-hybridized carbons (Fsp3) is 0.478. The van der Waals surface area contributed by atoms with Gasteiger partial charge in [0, 0.05) is 11.8 Å². The lowest BCUT2D eigenvalue weighted by atomic mass is 9.82. The molecule has 0 aliphatic rings. The minimum Gasteiger partial charge on any atom is -0.489 e. The van der Waals surface area contributed by atoms with Crippen LogP contribution >= 0.6 is 11.6 Å². The molecule has 2 aromatic heterocycles. The molecule has 2 unspecified atom stereocenters. The molecule has 0 spiro atoms. The van der Waals surface area contributed by atoms with Crippen LogP contribution in [0.5, 0.6) is 5.75 Å². The van der Waals surface area contributed by atoms with Crippen molar-refractivity contribution in [2.24, 2.45) is 17.1 Å². The molecular weight excluding hydrogens is 448 g/mol. The van der Waals surface area contributed by atoms with E-state index in [-0.39, 0.29) is 29.5 Å². The van der Waals surface area contributed by atoms with Crippen LogP contribution in [0, 0.1) is 11.3 Å². The molecule has 2 rings (SSSR count). The van der Waals surface area contributed by atoms with Gasteiger partial charge in [-0.25, -0.2) is 14.8 Å². The summed E-state index contributed by atoms with van der Waals surface area (Å²) >= 11 is 6.35. The van der Waals surface area contributed by atoms with Crippen LogP contribution in [-0.2, 0) is 9.53 Å². The number of nitrogens with two attached hydrogens (primary N) is 1. The Bertz CT molecular complexity index is 995. The van der Waals surface area contributed by atoms with Gasteiger partial charge in [-0.05, 0) is 70.8 Å². The van der Waals surface area contributed by atoms with Gasteiger partial charge >= 0.3 is 12.1 Å². The molecule has 0 aliphatic carbocycles. The van der Waals surface area contributed by atoms with Crippen LogP contribution in [0.3, 0.4) is 0 Å². The van der Waals surface area contributed by atoms with Gasteiger partial charge in [0.15, 0.2) is 10.9 Å². The number of hydrogen-bond acceptors (Lipinski definition) is 7. The third kappa shape index (κ3) is 7.87. The Labute approximate surface area is 198 Å². The average Bonchev–Trinajstić information content (AvgIpc) is 2.71. The SMILES string of the molecule is CC(CN)CC(C)(COc1ccc(-c2ccnc(NC(=O)O)c2)nc1Cl)C(=O)OC(C)(C)C. The molecule has 0 aliphatic heterocycles. The second-order valence-electron chi connectivity index (χ2n) is 9.24. The number of aromatic nitrogens is 2. The van der Waals surface area contributed by atoms with Crippen LogP contribution in [0.1, 0.15) is 41.0 Å². The number of esters is 1. The lowest BCUT2D eigenvalue weighted by molar-refractivity contribution is -0.169. The molecule has 0 aromatic carbocycles. The number of rotatable bonds is 9. The number of pyridine rings is 2. The van der Waals surface area contributed by atoms with E-state index in [9.17, 15) is 9.59 Å². The highest BCUT2D eigenvalue weighted by Gasteiger charge is 2.39. The molecule has 0 radical (unpaired) electrons. The van der Waals surface area contributed by atoms with Gasteiger partial charge in [0.25, 0.3) is 0 Å². The summed E-state index contributed by atoms with van der Waals surface area (Å²) in [5.41, 5.74) is 5.34. The minimum absolute atomic E-state index is 0.0366. The summed E-state index contributed by atoms with van der Waals surface area (Å²) < 4.78 is 11.5. The van der Waals surface area contributed by atoms with Gasteiger partial charge in [-0.1, -0.05) is 18.5 Å². The quantitative estimate of drug-likeness (QED) is 0.351. The fourth-order valence-corrected chi connectivity index (χ4v) is 3.36. The van der Waals surface area contributed by atoms with E-state index in [0.29, 0.717) is 30.0 Å². The first-order chi connectivity index (χ1) is 15.3. The Morgan fingerprint density at radius 1 is 1.24 bits per heavy atom. The van der Waals surface area contributed by atoms with Crippen molar-refractivity contribution in [3.8, 4) is 17.0 Å². The van der Waals surface area contributed by atoms with E-state index < -0.39 is 17.1 Å². The zero-order valence-electron chi connectivity index (χ0n) is 19.5. The van der Waals surface area contributed by atoms with E-state index >= 15 is 0 Å². The van der Waals surface area contributed by atoms with Crippen molar-refractivity contribution in [3.63, 3.8) is 0 Å². The Kier molecular flexibility index (Phi) is 8.63. The number of anilines is 1. The van der Waals surface area contributed by atoms with Gasteiger partial charge in [0.2, 0.25) is 0 Å². The van der Waals surface area contributed by atoms with Crippen molar-refractivity contribution in [2.75, 3.05) is 18.5 Å². The maximum Gasteiger partial charge on any atom is 0.410 e. The molecule has 4 N–H and O–H groups in total. The van der Waals surface area contributed by atoms with Crippen molar-refractivity contribution in [1.29, 1.82) is 0 Å². The molecular formula is C23H31ClN4O5. The largest absolute Gasteiger partial charge is 0.489 e. The molecule has 9 nitrogen and oxygen atoms in total. The van der Waals surface area contributed by atoms with Crippen LogP contribution in [0.2, 0.25) is 5.15 Å². The van der Waals surface area contributed by atoms with Crippen molar-refractivity contribution in [1.82, 2.24) is 9.97 Å². The van der Waals surface area contributed by atoms with Crippen molar-refractivity contribution >= 4 is 29.5 Å². The zero-order valence-corrected chi connectivity index (χ0v) is 20.3. The predicted molar refractivity (Wildman–Crippen MR) is 126 cm³/mol. The average molecular weight is 479 g/mol. The van der Waals surface area contributed by atoms with E-state index in [0.717, 1.165) is 0 Å². The van der Waals surface area contributed by atoms with E-state index in [1.807, 2.05) is 27.7 Å². The molecule has 0 fully saturated rings. The monoisotopic (exact) mass is 478 g/mol. The van der Waals surface area contributed by atoms with Crippen LogP contribution in [-0.4, -0.2) is 45.9 Å². The maximum atomic E-state index is 12.9. The lowest BCUT2D eigenvalue weighted by Gasteiger charge is -2.33. The number of nitrogens with one attached hydrogen (secondary N) is 1. The third-order valence-corrected chi connectivity index (χ3v) is 5.02. The Hall–Kier alpha value is -2.91. The van der Waals surface area contributed by atoms with Gasteiger partial charge < -0.3 is 20.3 Å². The first-order valence-electron chi connectivity index (χ1n) is 10.5. The van der Waals surface area contributed by atoms with Crippen LogP contribution in [0.25, 0.3) is 11.3 Å². The second-order valence-corrected chi connectivity index (χ2v) is 9.60. The van der Waals surface area contributed by atoms with Gasteiger partial charge in [-0.15, -0.1) is 0 Å². The first-order valence-corrected chi connectivity index (χ1v) is 10.9. The summed E-state index contributed by atoms with van der Waals surface area (Å²) in [6.07, 6.45) is 0.732. The zero-order chi connectivity index (χ0) is 24.8. The summed E-state index contributed by atoms with van der Waals surface area (Å²) in [7, 11) is 0. The van der Waals surface area contributed by atoms with Crippen molar-refractivity contribution in [3.05, 3.63) is 35.6 Å². The number of ether oxygens (including phenoxy) is 2. The summed E-state index contributed by atoms with van der Waals surface area (Å²) in [4.78, 5) is 32.1. The predicted octanol–water partition coefficient (Wildman–Crippen LogP) is 4.60.